The molecule has 15 heavy (non-hydrogen) atoms. The van der Waals surface area contributed by atoms with E-state index in [1.165, 1.54) is 11.1 Å². The molecule has 0 aliphatic rings. The van der Waals surface area contributed by atoms with Gasteiger partial charge in [-0.3, -0.25) is 0 Å². The Morgan fingerprint density at radius 2 is 1.80 bits per heavy atom. The molecule has 0 amide bonds. The normalized spacial score (nSPS) is 13.4. The molecule has 0 saturated carbocycles. The van der Waals surface area contributed by atoms with Crippen LogP contribution in [0.25, 0.3) is 0 Å². The molecule has 0 fully saturated rings. The molecule has 0 aromatic rings. The van der Waals surface area contributed by atoms with Gasteiger partial charge in [-0.05, 0) is 38.8 Å². The van der Waals surface area contributed by atoms with Gasteiger partial charge in [0.1, 0.15) is 0 Å². The lowest BCUT2D eigenvalue weighted by atomic mass is 10.1. The van der Waals surface area contributed by atoms with Crippen LogP contribution < -0.4 is 0 Å². The van der Waals surface area contributed by atoms with Crippen molar-refractivity contribution in [1.82, 2.24) is 4.90 Å². The van der Waals surface area contributed by atoms with Crippen molar-refractivity contribution in [3.63, 3.8) is 0 Å². The summed E-state index contributed by atoms with van der Waals surface area (Å²) in [5.41, 5.74) is 3.66. The fourth-order valence-electron chi connectivity index (χ4n) is 1.01. The second-order valence-electron chi connectivity index (χ2n) is 3.94. The molecule has 0 aromatic heterocycles. The van der Waals surface area contributed by atoms with Gasteiger partial charge < -0.3 is 4.90 Å². The van der Waals surface area contributed by atoms with Crippen LogP contribution in [0.15, 0.2) is 47.7 Å². The molecule has 0 heterocycles. The Kier molecular flexibility index (Phi) is 6.52. The van der Waals surface area contributed by atoms with Crippen LogP contribution in [0.2, 0.25) is 0 Å². The lowest BCUT2D eigenvalue weighted by Gasteiger charge is -2.12. The zero-order valence-corrected chi connectivity index (χ0v) is 10.7. The number of hydrogen-bond donors (Lipinski definition) is 0. The van der Waals surface area contributed by atoms with Gasteiger partial charge in [0.05, 0.1) is 0 Å². The van der Waals surface area contributed by atoms with Crippen molar-refractivity contribution >= 4 is 0 Å². The molecule has 0 radical (unpaired) electrons. The first-order chi connectivity index (χ1) is 6.97. The topological polar surface area (TPSA) is 3.24 Å². The maximum atomic E-state index is 3.82. The fourth-order valence-corrected chi connectivity index (χ4v) is 1.01. The van der Waals surface area contributed by atoms with E-state index < -0.39 is 0 Å². The highest BCUT2D eigenvalue weighted by Gasteiger charge is 1.93. The summed E-state index contributed by atoms with van der Waals surface area (Å²) in [6, 6.07) is 0. The van der Waals surface area contributed by atoms with E-state index in [0.717, 1.165) is 12.1 Å². The molecule has 0 unspecified atom stereocenters. The van der Waals surface area contributed by atoms with E-state index in [2.05, 4.69) is 51.6 Å². The minimum atomic E-state index is 1.03. The van der Waals surface area contributed by atoms with E-state index >= 15 is 0 Å². The maximum Gasteiger partial charge on any atom is 0.0140 e. The second kappa shape index (κ2) is 7.10. The zero-order chi connectivity index (χ0) is 11.8. The monoisotopic (exact) mass is 205 g/mol. The first-order valence-corrected chi connectivity index (χ1v) is 5.36. The summed E-state index contributed by atoms with van der Waals surface area (Å²) in [7, 11) is 2.08. The second-order valence-corrected chi connectivity index (χ2v) is 3.94. The van der Waals surface area contributed by atoms with Gasteiger partial charge in [-0.15, -0.1) is 0 Å². The minimum Gasteiger partial charge on any atom is -0.380 e. The molecular formula is C14H23N. The standard InChI is InChI=1S/C14H23N/c1-7-15(6)11-14(5)13(4)10-8-9-12(2)3/h8-11H,2,7H2,1,3-6H3/b9-8-,13-10+,14-11-. The third-order valence-corrected chi connectivity index (χ3v) is 2.26. The van der Waals surface area contributed by atoms with Crippen LogP contribution in [0.5, 0.6) is 0 Å². The number of nitrogens with zero attached hydrogens (tertiary/aromatic N) is 1. The summed E-state index contributed by atoms with van der Waals surface area (Å²) in [5, 5.41) is 0. The van der Waals surface area contributed by atoms with Crippen molar-refractivity contribution in [2.45, 2.75) is 27.7 Å². The zero-order valence-electron chi connectivity index (χ0n) is 10.7. The van der Waals surface area contributed by atoms with Gasteiger partial charge in [-0.25, -0.2) is 0 Å². The van der Waals surface area contributed by atoms with Crippen LogP contribution in [0, 0.1) is 0 Å². The van der Waals surface area contributed by atoms with Gasteiger partial charge in [0.25, 0.3) is 0 Å². The molecule has 0 aromatic carbocycles. The van der Waals surface area contributed by atoms with Crippen molar-refractivity contribution in [2.24, 2.45) is 0 Å². The van der Waals surface area contributed by atoms with Gasteiger partial charge in [-0.2, -0.15) is 0 Å². The molecule has 1 nitrogen and oxygen atoms in total. The van der Waals surface area contributed by atoms with Gasteiger partial charge >= 0.3 is 0 Å². The highest BCUT2D eigenvalue weighted by atomic mass is 15.1. The molecule has 0 rings (SSSR count). The quantitative estimate of drug-likeness (QED) is 0.615. The van der Waals surface area contributed by atoms with E-state index in [1.807, 2.05) is 19.1 Å². The van der Waals surface area contributed by atoms with Gasteiger partial charge in [0, 0.05) is 19.8 Å². The largest absolute Gasteiger partial charge is 0.380 e. The number of allylic oxidation sites excluding steroid dienone is 6. The summed E-state index contributed by atoms with van der Waals surface area (Å²) in [4.78, 5) is 2.18. The predicted octanol–water partition coefficient (Wildman–Crippen LogP) is 3.92. The van der Waals surface area contributed by atoms with Gasteiger partial charge in [-0.1, -0.05) is 30.4 Å². The smallest absolute Gasteiger partial charge is 0.0140 e. The Bertz CT molecular complexity index is 292. The molecule has 0 aliphatic carbocycles. The highest BCUT2D eigenvalue weighted by Crippen LogP contribution is 2.09. The van der Waals surface area contributed by atoms with Crippen LogP contribution in [-0.4, -0.2) is 18.5 Å². The molecule has 0 aliphatic heterocycles. The van der Waals surface area contributed by atoms with Crippen molar-refractivity contribution in [3.8, 4) is 0 Å². The summed E-state index contributed by atoms with van der Waals surface area (Å²) < 4.78 is 0. The first-order valence-electron chi connectivity index (χ1n) is 5.36. The highest BCUT2D eigenvalue weighted by molar-refractivity contribution is 5.31. The van der Waals surface area contributed by atoms with E-state index in [-0.39, 0.29) is 0 Å². The first kappa shape index (κ1) is 13.8. The number of hydrogen-bond acceptors (Lipinski definition) is 1. The van der Waals surface area contributed by atoms with Crippen molar-refractivity contribution < 1.29 is 0 Å². The van der Waals surface area contributed by atoms with Crippen molar-refractivity contribution in [1.29, 1.82) is 0 Å². The average Bonchev–Trinajstić information content (AvgIpc) is 2.16. The summed E-state index contributed by atoms with van der Waals surface area (Å²) >= 11 is 0. The molecule has 0 bridgehead atoms. The van der Waals surface area contributed by atoms with E-state index in [0.29, 0.717) is 0 Å². The third kappa shape index (κ3) is 6.78. The minimum absolute atomic E-state index is 1.03. The van der Waals surface area contributed by atoms with Gasteiger partial charge in [0.15, 0.2) is 0 Å². The predicted molar refractivity (Wildman–Crippen MR) is 69.8 cm³/mol. The van der Waals surface area contributed by atoms with Crippen LogP contribution in [0.4, 0.5) is 0 Å². The van der Waals surface area contributed by atoms with Crippen molar-refractivity contribution in [3.05, 3.63) is 47.7 Å². The summed E-state index contributed by atoms with van der Waals surface area (Å²) in [6.45, 7) is 13.2. The fraction of sp³-hybridized carbons (Fsp3) is 0.429. The Balaban J connectivity index is 4.49. The summed E-state index contributed by atoms with van der Waals surface area (Å²) in [5.74, 6) is 0. The van der Waals surface area contributed by atoms with Crippen LogP contribution in [0.1, 0.15) is 27.7 Å². The van der Waals surface area contributed by atoms with Gasteiger partial charge in [0.2, 0.25) is 0 Å². The maximum absolute atomic E-state index is 3.82. The Hall–Kier alpha value is -1.24. The van der Waals surface area contributed by atoms with Crippen LogP contribution >= 0.6 is 0 Å². The SMILES string of the molecule is C=C(C)\C=C/C=C(C)/C(C)=C\N(C)CC. The van der Waals surface area contributed by atoms with Crippen LogP contribution in [0.3, 0.4) is 0 Å². The van der Waals surface area contributed by atoms with Crippen molar-refractivity contribution in [2.75, 3.05) is 13.6 Å². The van der Waals surface area contributed by atoms with E-state index in [4.69, 9.17) is 0 Å². The molecule has 1 heteroatoms. The molecule has 84 valence electrons. The lowest BCUT2D eigenvalue weighted by Crippen LogP contribution is -2.09. The molecule has 0 atom stereocenters. The van der Waals surface area contributed by atoms with E-state index in [9.17, 15) is 0 Å². The summed E-state index contributed by atoms with van der Waals surface area (Å²) in [6.07, 6.45) is 8.34. The third-order valence-electron chi connectivity index (χ3n) is 2.26. The number of rotatable bonds is 5. The van der Waals surface area contributed by atoms with E-state index in [1.54, 1.807) is 0 Å². The Labute approximate surface area is 94.5 Å². The Morgan fingerprint density at radius 1 is 1.20 bits per heavy atom. The molecular weight excluding hydrogens is 182 g/mol. The average molecular weight is 205 g/mol. The lowest BCUT2D eigenvalue weighted by molar-refractivity contribution is 0.480. The van der Waals surface area contributed by atoms with Crippen LogP contribution in [-0.2, 0) is 0 Å². The molecule has 0 N–H and O–H groups in total. The molecule has 0 spiro atoms. The molecule has 0 saturated heterocycles. The Morgan fingerprint density at radius 3 is 2.27 bits per heavy atom.